The molecule has 12 heteroatoms. The number of amides is 2. The minimum absolute atomic E-state index is 0.0107. The molecule has 0 spiro atoms. The molecular weight excluding hydrogens is 530 g/mol. The first-order valence-electron chi connectivity index (χ1n) is 12.1. The lowest BCUT2D eigenvalue weighted by Gasteiger charge is -2.18. The predicted octanol–water partition coefficient (Wildman–Crippen LogP) is 6.38. The fourth-order valence-corrected chi connectivity index (χ4v) is 4.77. The number of rotatable bonds is 6. The van der Waals surface area contributed by atoms with E-state index in [-0.39, 0.29) is 33.7 Å². The van der Waals surface area contributed by atoms with Crippen LogP contribution in [0.15, 0.2) is 51.9 Å². The Morgan fingerprint density at radius 3 is 2.51 bits per heavy atom. The van der Waals surface area contributed by atoms with Crippen LogP contribution in [0.4, 0.5) is 19.3 Å². The van der Waals surface area contributed by atoms with Crippen LogP contribution in [0.1, 0.15) is 61.3 Å². The summed E-state index contributed by atoms with van der Waals surface area (Å²) in [5.74, 6) is -2.41. The lowest BCUT2D eigenvalue weighted by atomic mass is 10.1. The highest BCUT2D eigenvalue weighted by molar-refractivity contribution is 7.93. The van der Waals surface area contributed by atoms with E-state index in [1.54, 1.807) is 20.8 Å². The fraction of sp³-hybridized carbons (Fsp3) is 0.333. The van der Waals surface area contributed by atoms with E-state index in [1.807, 2.05) is 0 Å². The van der Waals surface area contributed by atoms with Crippen molar-refractivity contribution >= 4 is 27.4 Å². The number of anilines is 1. The van der Waals surface area contributed by atoms with Crippen molar-refractivity contribution in [1.29, 1.82) is 0 Å². The van der Waals surface area contributed by atoms with Gasteiger partial charge in [0.1, 0.15) is 16.9 Å². The highest BCUT2D eigenvalue weighted by Gasteiger charge is 2.33. The van der Waals surface area contributed by atoms with Crippen LogP contribution in [-0.4, -0.2) is 38.0 Å². The molecule has 2 amide bonds. The highest BCUT2D eigenvalue weighted by atomic mass is 32.2. The van der Waals surface area contributed by atoms with Gasteiger partial charge in [0.15, 0.2) is 11.6 Å². The molecule has 0 unspecified atom stereocenters. The maximum Gasteiger partial charge on any atom is 0.442 e. The van der Waals surface area contributed by atoms with Crippen molar-refractivity contribution in [3.05, 3.63) is 71.3 Å². The predicted molar refractivity (Wildman–Crippen MR) is 141 cm³/mol. The average Bonchev–Trinajstić information content (AvgIpc) is 3.65. The zero-order valence-electron chi connectivity index (χ0n) is 22.1. The van der Waals surface area contributed by atoms with Gasteiger partial charge in [-0.1, -0.05) is 6.07 Å². The molecule has 1 saturated carbocycles. The second kappa shape index (κ2) is 10.7. The van der Waals surface area contributed by atoms with E-state index in [2.05, 4.69) is 19.6 Å². The zero-order valence-corrected chi connectivity index (χ0v) is 22.9. The molecule has 4 rings (SSSR count). The Bertz CT molecular complexity index is 1570. The molecule has 39 heavy (non-hydrogen) atoms. The molecule has 1 N–H and O–H groups in total. The van der Waals surface area contributed by atoms with Crippen LogP contribution in [0.2, 0.25) is 0 Å². The van der Waals surface area contributed by atoms with Gasteiger partial charge in [0.2, 0.25) is 5.95 Å². The Morgan fingerprint density at radius 1 is 1.15 bits per heavy atom. The van der Waals surface area contributed by atoms with E-state index in [4.69, 9.17) is 9.47 Å². The van der Waals surface area contributed by atoms with Crippen LogP contribution in [-0.2, 0) is 14.5 Å². The second-order valence-electron chi connectivity index (χ2n) is 10.1. The Balaban J connectivity index is 1.67. The Morgan fingerprint density at radius 2 is 1.87 bits per heavy atom. The van der Waals surface area contributed by atoms with Crippen LogP contribution in [0.3, 0.4) is 0 Å². The van der Waals surface area contributed by atoms with Crippen molar-refractivity contribution < 1.29 is 32.1 Å². The minimum Gasteiger partial charge on any atom is -0.453 e. The van der Waals surface area contributed by atoms with Crippen molar-refractivity contribution in [2.75, 3.05) is 11.6 Å². The van der Waals surface area contributed by atoms with Gasteiger partial charge < -0.3 is 14.8 Å². The quantitative estimate of drug-likeness (QED) is 0.349. The van der Waals surface area contributed by atoms with Crippen LogP contribution in [0, 0.1) is 18.7 Å². The number of nitrogens with one attached hydrogen (secondary N) is 1. The molecule has 9 nitrogen and oxygen atoms in total. The molecule has 1 aliphatic carbocycles. The molecule has 0 radical (unpaired) electrons. The average molecular weight is 559 g/mol. The summed E-state index contributed by atoms with van der Waals surface area (Å²) in [4.78, 5) is 33.5. The number of nitrogens with zero attached hydrogens (tertiary/aromatic N) is 3. The third kappa shape index (κ3) is 6.94. The van der Waals surface area contributed by atoms with Crippen molar-refractivity contribution in [2.45, 2.75) is 57.0 Å². The summed E-state index contributed by atoms with van der Waals surface area (Å²) in [5.41, 5.74) is -0.404. The Hall–Kier alpha value is -3.93. The number of carbonyl (C=O) groups excluding carboxylic acids is 2. The molecule has 1 fully saturated rings. The normalized spacial score (nSPS) is 14.7. The topological polar surface area (TPSA) is 120 Å². The molecule has 206 valence electrons. The van der Waals surface area contributed by atoms with E-state index >= 15 is 4.39 Å². The number of halogens is 2. The van der Waals surface area contributed by atoms with Crippen LogP contribution < -0.4 is 10.1 Å². The van der Waals surface area contributed by atoms with Crippen molar-refractivity contribution in [1.82, 2.24) is 9.97 Å². The molecule has 2 heterocycles. The van der Waals surface area contributed by atoms with Gasteiger partial charge in [-0.2, -0.15) is 4.39 Å². The van der Waals surface area contributed by atoms with Crippen LogP contribution in [0.5, 0.6) is 11.5 Å². The largest absolute Gasteiger partial charge is 0.453 e. The number of benzene rings is 1. The van der Waals surface area contributed by atoms with Gasteiger partial charge in [0.25, 0.3) is 5.91 Å². The van der Waals surface area contributed by atoms with Crippen LogP contribution in [0.25, 0.3) is 0 Å². The SMILES string of the molecule is Cc1nc(F)ccc1Oc1c(C2CC2)ncc(F)c1C(=O)Nc1cccc([S@@](C)(=O)=NC(=O)OC(C)(C)C)c1. The fourth-order valence-electron chi connectivity index (χ4n) is 3.66. The lowest BCUT2D eigenvalue weighted by molar-refractivity contribution is 0.0607. The summed E-state index contributed by atoms with van der Waals surface area (Å²) in [6, 6.07) is 8.34. The van der Waals surface area contributed by atoms with Gasteiger partial charge in [-0.3, -0.25) is 9.78 Å². The Kier molecular flexibility index (Phi) is 7.69. The molecule has 1 aromatic carbocycles. The number of aryl methyl sites for hydroxylation is 1. The van der Waals surface area contributed by atoms with Crippen molar-refractivity contribution in [3.63, 3.8) is 0 Å². The molecular formula is C27H28F2N4O5S. The standard InChI is InChI=1S/C27H28F2N4O5S/c1-15-20(11-12-21(29)31-15)37-24-22(19(28)14-30-23(24)16-9-10-16)25(34)32-17-7-6-8-18(13-17)39(5,36)33-26(35)38-27(2,3)4/h6-8,11-14,16H,9-10H2,1-5H3,(H,32,34)/t39-/m1/s1. The van der Waals surface area contributed by atoms with Crippen molar-refractivity contribution in [3.8, 4) is 11.5 Å². The van der Waals surface area contributed by atoms with Gasteiger partial charge in [-0.15, -0.1) is 4.36 Å². The summed E-state index contributed by atoms with van der Waals surface area (Å²) >= 11 is 0. The molecule has 3 aromatic rings. The van der Waals surface area contributed by atoms with Gasteiger partial charge >= 0.3 is 6.09 Å². The maximum atomic E-state index is 15.1. The first-order chi connectivity index (χ1) is 18.2. The van der Waals surface area contributed by atoms with Gasteiger partial charge in [0.05, 0.1) is 27.3 Å². The Labute approximate surface area is 225 Å². The summed E-state index contributed by atoms with van der Waals surface area (Å²) < 4.78 is 56.6. The zero-order chi connectivity index (χ0) is 28.5. The van der Waals surface area contributed by atoms with Gasteiger partial charge in [-0.05, 0) is 70.9 Å². The third-order valence-electron chi connectivity index (χ3n) is 5.59. The number of pyridine rings is 2. The number of ether oxygens (including phenoxy) is 2. The number of hydrogen-bond donors (Lipinski definition) is 1. The maximum absolute atomic E-state index is 15.1. The first kappa shape index (κ1) is 28.1. The molecule has 0 saturated heterocycles. The number of hydrogen-bond acceptors (Lipinski definition) is 7. The van der Waals surface area contributed by atoms with E-state index in [0.29, 0.717) is 5.69 Å². The molecule has 1 atom stereocenters. The second-order valence-corrected chi connectivity index (χ2v) is 12.4. The smallest absolute Gasteiger partial charge is 0.442 e. The van der Waals surface area contributed by atoms with E-state index in [9.17, 15) is 18.2 Å². The minimum atomic E-state index is -3.23. The van der Waals surface area contributed by atoms with Gasteiger partial charge in [-0.25, -0.2) is 18.4 Å². The monoisotopic (exact) mass is 558 g/mol. The van der Waals surface area contributed by atoms with Crippen molar-refractivity contribution in [2.24, 2.45) is 4.36 Å². The first-order valence-corrected chi connectivity index (χ1v) is 14.0. The summed E-state index contributed by atoms with van der Waals surface area (Å²) in [7, 11) is -3.23. The highest BCUT2D eigenvalue weighted by Crippen LogP contribution is 2.46. The molecule has 2 aromatic heterocycles. The summed E-state index contributed by atoms with van der Waals surface area (Å²) in [6.45, 7) is 6.50. The molecule has 0 aliphatic heterocycles. The van der Waals surface area contributed by atoms with Gasteiger partial charge in [0, 0.05) is 22.8 Å². The number of aromatic nitrogens is 2. The van der Waals surface area contributed by atoms with E-state index in [1.165, 1.54) is 43.5 Å². The summed E-state index contributed by atoms with van der Waals surface area (Å²) in [5, 5.41) is 2.59. The molecule has 1 aliphatic rings. The van der Waals surface area contributed by atoms with Crippen LogP contribution >= 0.6 is 0 Å². The lowest BCUT2D eigenvalue weighted by Crippen LogP contribution is -2.22. The summed E-state index contributed by atoms with van der Waals surface area (Å²) in [6.07, 6.45) is 2.84. The van der Waals surface area contributed by atoms with E-state index in [0.717, 1.165) is 25.1 Å². The van der Waals surface area contributed by atoms with E-state index < -0.39 is 44.7 Å². The number of carbonyl (C=O) groups is 2. The molecule has 0 bridgehead atoms. The third-order valence-corrected chi connectivity index (χ3v) is 7.22.